The Kier molecular flexibility index (Phi) is 3.30. The van der Waals surface area contributed by atoms with Crippen molar-refractivity contribution in [1.29, 1.82) is 0 Å². The van der Waals surface area contributed by atoms with Crippen LogP contribution in [0, 0.1) is 23.7 Å². The third-order valence-corrected chi connectivity index (χ3v) is 13.4. The Morgan fingerprint density at radius 2 is 1.06 bits per heavy atom. The Balaban J connectivity index is 1.44. The van der Waals surface area contributed by atoms with E-state index in [-0.39, 0.29) is 33.5 Å². The van der Waals surface area contributed by atoms with Crippen molar-refractivity contribution in [2.45, 2.75) is 44.3 Å². The number of rotatable bonds is 4. The Bertz CT molecular complexity index is 1230. The molecule has 2 aromatic carbocycles. The van der Waals surface area contributed by atoms with Crippen LogP contribution in [0.5, 0.6) is 0 Å². The van der Waals surface area contributed by atoms with Crippen LogP contribution >= 0.6 is 0 Å². The Morgan fingerprint density at radius 3 is 1.48 bits per heavy atom. The van der Waals surface area contributed by atoms with Gasteiger partial charge in [0.25, 0.3) is 0 Å². The lowest BCUT2D eigenvalue weighted by Crippen LogP contribution is -2.54. The summed E-state index contributed by atoms with van der Waals surface area (Å²) in [4.78, 5) is 0.393. The molecule has 5 nitrogen and oxygen atoms in total. The second-order valence-electron chi connectivity index (χ2n) is 9.62. The second kappa shape index (κ2) is 5.50. The van der Waals surface area contributed by atoms with E-state index in [9.17, 15) is 16.8 Å². The lowest BCUT2D eigenvalue weighted by molar-refractivity contribution is 0.0967. The first kappa shape index (κ1) is 18.6. The van der Waals surface area contributed by atoms with Crippen LogP contribution in [0.3, 0.4) is 0 Å². The van der Waals surface area contributed by atoms with Crippen molar-refractivity contribution in [3.8, 4) is 0 Å². The van der Waals surface area contributed by atoms with E-state index in [0.29, 0.717) is 6.42 Å². The van der Waals surface area contributed by atoms with Crippen molar-refractivity contribution in [2.24, 2.45) is 23.7 Å². The van der Waals surface area contributed by atoms with E-state index < -0.39 is 41.4 Å². The first-order chi connectivity index (χ1) is 14.8. The molecule has 0 spiro atoms. The Hall–Kier alpha value is -1.96. The number of sulfone groups is 2. The lowest BCUT2D eigenvalue weighted by Gasteiger charge is -2.36. The zero-order chi connectivity index (χ0) is 21.2. The molecule has 7 rings (SSSR count). The summed E-state index contributed by atoms with van der Waals surface area (Å²) in [5.74, 6) is -0.208. The standard InChI is InChI=1S/C24H22O5S2/c25-30(26,17-7-3-1-4-8-17)21-19-14-20(22(21)31(27,28)18-9-5-2-6-10-18)24-16-12-11-15(13-16)23(19,24)29-24/h1-12,15-16,19-22H,13-14H2/t15-,16-,19-,20+,21+,22-,23-,24-/m0/s1. The molecule has 0 amide bonds. The van der Waals surface area contributed by atoms with Crippen molar-refractivity contribution in [3.63, 3.8) is 0 Å². The maximum absolute atomic E-state index is 13.9. The number of fused-ring (bicyclic) bond motifs is 4. The fraction of sp³-hybridized carbons (Fsp3) is 0.417. The molecule has 4 bridgehead atoms. The summed E-state index contributed by atoms with van der Waals surface area (Å²) >= 11 is 0. The van der Waals surface area contributed by atoms with E-state index in [4.69, 9.17) is 4.74 Å². The van der Waals surface area contributed by atoms with Crippen molar-refractivity contribution in [3.05, 3.63) is 72.8 Å². The fourth-order valence-electron chi connectivity index (χ4n) is 7.76. The molecule has 5 aliphatic rings. The molecule has 7 heteroatoms. The van der Waals surface area contributed by atoms with E-state index in [0.717, 1.165) is 6.42 Å². The summed E-state index contributed by atoms with van der Waals surface area (Å²) in [7, 11) is -7.73. The van der Waals surface area contributed by atoms with E-state index >= 15 is 0 Å². The van der Waals surface area contributed by atoms with Gasteiger partial charge in [0.2, 0.25) is 0 Å². The highest BCUT2D eigenvalue weighted by Gasteiger charge is 2.94. The molecule has 4 fully saturated rings. The summed E-state index contributed by atoms with van der Waals surface area (Å²) in [5, 5.41) is -1.98. The fourth-order valence-corrected chi connectivity index (χ4v) is 12.9. The van der Waals surface area contributed by atoms with Crippen LogP contribution in [0.15, 0.2) is 82.6 Å². The first-order valence-electron chi connectivity index (χ1n) is 10.8. The van der Waals surface area contributed by atoms with Crippen LogP contribution < -0.4 is 0 Å². The maximum atomic E-state index is 13.9. The topological polar surface area (TPSA) is 80.8 Å². The van der Waals surface area contributed by atoms with E-state index in [1.54, 1.807) is 60.7 Å². The van der Waals surface area contributed by atoms with Crippen LogP contribution in [-0.4, -0.2) is 38.5 Å². The highest BCUT2D eigenvalue weighted by molar-refractivity contribution is 7.96. The van der Waals surface area contributed by atoms with Crippen molar-refractivity contribution in [1.82, 2.24) is 0 Å². The summed E-state index contributed by atoms with van der Waals surface area (Å²) < 4.78 is 62.2. The average Bonchev–Trinajstić information content (AvgIpc) is 3.16. The molecule has 8 atom stereocenters. The van der Waals surface area contributed by atoms with Gasteiger partial charge in [0, 0.05) is 23.7 Å². The molecule has 1 heterocycles. The van der Waals surface area contributed by atoms with Gasteiger partial charge in [-0.1, -0.05) is 48.6 Å². The van der Waals surface area contributed by atoms with Crippen LogP contribution in [0.1, 0.15) is 12.8 Å². The van der Waals surface area contributed by atoms with Crippen molar-refractivity contribution < 1.29 is 21.6 Å². The number of benzene rings is 2. The third-order valence-electron chi connectivity index (χ3n) is 8.68. The number of ether oxygens (including phenoxy) is 1. The summed E-state index contributed by atoms with van der Waals surface area (Å²) in [5.41, 5.74) is -0.987. The summed E-state index contributed by atoms with van der Waals surface area (Å²) in [6, 6.07) is 16.6. The normalized spacial score (nSPS) is 43.7. The quantitative estimate of drug-likeness (QED) is 0.524. The minimum Gasteiger partial charge on any atom is -0.361 e. The molecule has 0 N–H and O–H groups in total. The maximum Gasteiger partial charge on any atom is 0.182 e. The van der Waals surface area contributed by atoms with Gasteiger partial charge in [0.1, 0.15) is 11.2 Å². The number of hydrogen-bond acceptors (Lipinski definition) is 5. The average molecular weight is 455 g/mol. The van der Waals surface area contributed by atoms with Crippen molar-refractivity contribution >= 4 is 19.7 Å². The van der Waals surface area contributed by atoms with Gasteiger partial charge >= 0.3 is 0 Å². The monoisotopic (exact) mass is 454 g/mol. The van der Waals surface area contributed by atoms with Crippen LogP contribution in [0.4, 0.5) is 0 Å². The van der Waals surface area contributed by atoms with Gasteiger partial charge in [-0.15, -0.1) is 0 Å². The Morgan fingerprint density at radius 1 is 0.645 bits per heavy atom. The van der Waals surface area contributed by atoms with Gasteiger partial charge in [-0.25, -0.2) is 16.8 Å². The zero-order valence-corrected chi connectivity index (χ0v) is 18.3. The smallest absolute Gasteiger partial charge is 0.182 e. The highest BCUT2D eigenvalue weighted by Crippen LogP contribution is 2.84. The molecule has 0 aromatic heterocycles. The zero-order valence-electron chi connectivity index (χ0n) is 16.7. The molecule has 1 saturated heterocycles. The van der Waals surface area contributed by atoms with Gasteiger partial charge in [-0.2, -0.15) is 0 Å². The van der Waals surface area contributed by atoms with E-state index in [2.05, 4.69) is 12.2 Å². The number of hydrogen-bond donors (Lipinski definition) is 0. The highest BCUT2D eigenvalue weighted by atomic mass is 32.2. The molecule has 1 aliphatic heterocycles. The molecular weight excluding hydrogens is 432 g/mol. The predicted octanol–water partition coefficient (Wildman–Crippen LogP) is 3.03. The van der Waals surface area contributed by atoms with Crippen LogP contribution in [-0.2, 0) is 24.4 Å². The van der Waals surface area contributed by atoms with Gasteiger partial charge in [0.15, 0.2) is 19.7 Å². The lowest BCUT2D eigenvalue weighted by atomic mass is 9.73. The van der Waals surface area contributed by atoms with Gasteiger partial charge in [0.05, 0.1) is 20.3 Å². The minimum atomic E-state index is -3.86. The molecular formula is C24H22O5S2. The van der Waals surface area contributed by atoms with E-state index in [1.165, 1.54) is 0 Å². The second-order valence-corrected chi connectivity index (χ2v) is 13.8. The molecule has 4 aliphatic carbocycles. The first-order valence-corrected chi connectivity index (χ1v) is 13.9. The van der Waals surface area contributed by atoms with Crippen molar-refractivity contribution in [2.75, 3.05) is 0 Å². The Labute approximate surface area is 182 Å². The third kappa shape index (κ3) is 1.90. The molecule has 3 saturated carbocycles. The molecule has 31 heavy (non-hydrogen) atoms. The predicted molar refractivity (Wildman–Crippen MR) is 114 cm³/mol. The van der Waals surface area contributed by atoms with Gasteiger partial charge in [-0.3, -0.25) is 0 Å². The molecule has 160 valence electrons. The van der Waals surface area contributed by atoms with Gasteiger partial charge < -0.3 is 4.74 Å². The number of epoxide rings is 1. The van der Waals surface area contributed by atoms with E-state index in [1.807, 2.05) is 0 Å². The van der Waals surface area contributed by atoms with Gasteiger partial charge in [-0.05, 0) is 37.1 Å². The van der Waals surface area contributed by atoms with Crippen LogP contribution in [0.2, 0.25) is 0 Å². The minimum absolute atomic E-state index is 0.196. The largest absolute Gasteiger partial charge is 0.361 e. The molecule has 0 unspecified atom stereocenters. The summed E-state index contributed by atoms with van der Waals surface area (Å²) in [6.45, 7) is 0. The molecule has 0 radical (unpaired) electrons. The molecule has 2 aromatic rings. The summed E-state index contributed by atoms with van der Waals surface area (Å²) in [6.07, 6.45) is 5.89. The SMILES string of the molecule is O=S(=O)(c1ccccc1)[C@@H]1[C@H](S(=O)(=O)c2ccccc2)[C@@H]2C[C@H]1[C@]13O[C@@]21[C@H]1C=C[C@H]3C1. The van der Waals surface area contributed by atoms with Crippen LogP contribution in [0.25, 0.3) is 0 Å².